The smallest absolute Gasteiger partial charge is 0.248 e. The molecule has 5 nitrogen and oxygen atoms in total. The molecular weight excluding hydrogens is 344 g/mol. The predicted octanol–water partition coefficient (Wildman–Crippen LogP) is 2.32. The summed E-state index contributed by atoms with van der Waals surface area (Å²) in [6.07, 6.45) is 5.43. The molecule has 0 radical (unpaired) electrons. The Hall–Kier alpha value is -0.560. The van der Waals surface area contributed by atoms with Gasteiger partial charge in [0.2, 0.25) is 5.91 Å². The van der Waals surface area contributed by atoms with Crippen LogP contribution < -0.4 is 0 Å². The Balaban J connectivity index is 1.61. The summed E-state index contributed by atoms with van der Waals surface area (Å²) in [5, 5.41) is 0.864. The van der Waals surface area contributed by atoms with Gasteiger partial charge in [0.05, 0.1) is 17.5 Å². The quantitative estimate of drug-likeness (QED) is 0.763. The van der Waals surface area contributed by atoms with Crippen molar-refractivity contribution in [2.45, 2.75) is 63.3 Å². The molecule has 0 N–H and O–H groups in total. The first-order valence-electron chi connectivity index (χ1n) is 9.09. The van der Waals surface area contributed by atoms with E-state index in [9.17, 15) is 13.2 Å². The van der Waals surface area contributed by atoms with Crippen LogP contribution in [0.5, 0.6) is 0 Å². The first kappa shape index (κ1) is 16.9. The summed E-state index contributed by atoms with van der Waals surface area (Å²) in [6, 6.07) is 0.417. The Morgan fingerprint density at radius 1 is 1.25 bits per heavy atom. The van der Waals surface area contributed by atoms with Gasteiger partial charge in [0, 0.05) is 17.7 Å². The van der Waals surface area contributed by atoms with Gasteiger partial charge < -0.3 is 4.90 Å². The highest BCUT2D eigenvalue weighted by molar-refractivity contribution is 8.15. The monoisotopic (exact) mass is 370 g/mol. The maximum Gasteiger partial charge on any atom is 0.248 e. The van der Waals surface area contributed by atoms with Crippen molar-refractivity contribution in [1.29, 1.82) is 0 Å². The van der Waals surface area contributed by atoms with E-state index in [0.29, 0.717) is 24.3 Å². The highest BCUT2D eigenvalue weighted by Crippen LogP contribution is 2.51. The van der Waals surface area contributed by atoms with Crippen LogP contribution in [0, 0.1) is 17.8 Å². The number of hydrogen-bond donors (Lipinski definition) is 0. The number of nitrogens with zero attached hydrogens (tertiary/aromatic N) is 2. The number of amidine groups is 1. The highest BCUT2D eigenvalue weighted by Gasteiger charge is 2.54. The summed E-state index contributed by atoms with van der Waals surface area (Å²) in [4.78, 5) is 18.9. The van der Waals surface area contributed by atoms with E-state index in [4.69, 9.17) is 0 Å². The molecular formula is C17H26N2O3S2. The second-order valence-corrected chi connectivity index (χ2v) is 11.7. The zero-order chi connectivity index (χ0) is 17.1. The topological polar surface area (TPSA) is 66.8 Å². The first-order chi connectivity index (χ1) is 11.3. The Morgan fingerprint density at radius 3 is 2.67 bits per heavy atom. The van der Waals surface area contributed by atoms with Crippen LogP contribution in [0.2, 0.25) is 0 Å². The molecule has 24 heavy (non-hydrogen) atoms. The molecule has 0 aromatic rings. The summed E-state index contributed by atoms with van der Waals surface area (Å²) >= 11 is 1.54. The van der Waals surface area contributed by atoms with Gasteiger partial charge in [-0.15, -0.1) is 0 Å². The fourth-order valence-electron chi connectivity index (χ4n) is 5.03. The average Bonchev–Trinajstić information content (AvgIpc) is 3.16. The van der Waals surface area contributed by atoms with Crippen molar-refractivity contribution in [2.24, 2.45) is 22.7 Å². The van der Waals surface area contributed by atoms with Gasteiger partial charge in [-0.1, -0.05) is 32.0 Å². The molecule has 4 fully saturated rings. The van der Waals surface area contributed by atoms with Crippen molar-refractivity contribution in [3.05, 3.63) is 0 Å². The van der Waals surface area contributed by atoms with Crippen LogP contribution in [-0.2, 0) is 14.6 Å². The number of fused-ring (bicyclic) bond motifs is 3. The third-order valence-electron chi connectivity index (χ3n) is 5.97. The van der Waals surface area contributed by atoms with Crippen LogP contribution in [0.4, 0.5) is 0 Å². The first-order valence-corrected chi connectivity index (χ1v) is 11.8. The van der Waals surface area contributed by atoms with Crippen molar-refractivity contribution in [2.75, 3.05) is 11.5 Å². The normalized spacial score (nSPS) is 41.5. The molecule has 2 bridgehead atoms. The minimum absolute atomic E-state index is 0.0231. The maximum atomic E-state index is 12.2. The van der Waals surface area contributed by atoms with E-state index in [1.165, 1.54) is 31.0 Å². The summed E-state index contributed by atoms with van der Waals surface area (Å²) in [6.45, 7) is 4.05. The fourth-order valence-corrected chi connectivity index (χ4v) is 9.02. The van der Waals surface area contributed by atoms with Gasteiger partial charge >= 0.3 is 0 Å². The number of amides is 1. The van der Waals surface area contributed by atoms with Crippen LogP contribution in [0.25, 0.3) is 0 Å². The molecule has 0 aromatic heterocycles. The number of carbonyl (C=O) groups excluding carboxylic acids is 1. The third-order valence-corrected chi connectivity index (χ3v) is 9.19. The predicted molar refractivity (Wildman–Crippen MR) is 96.8 cm³/mol. The van der Waals surface area contributed by atoms with Crippen LogP contribution in [-0.4, -0.2) is 53.2 Å². The van der Waals surface area contributed by atoms with Crippen molar-refractivity contribution in [3.8, 4) is 0 Å². The van der Waals surface area contributed by atoms with E-state index in [1.54, 1.807) is 0 Å². The van der Waals surface area contributed by atoms with Gasteiger partial charge in [-0.25, -0.2) is 8.42 Å². The van der Waals surface area contributed by atoms with E-state index in [-0.39, 0.29) is 28.7 Å². The summed E-state index contributed by atoms with van der Waals surface area (Å²) in [5.74, 6) is 2.14. The van der Waals surface area contributed by atoms with E-state index >= 15 is 0 Å². The summed E-state index contributed by atoms with van der Waals surface area (Å²) < 4.78 is 24.2. The summed E-state index contributed by atoms with van der Waals surface area (Å²) in [5.41, 5.74) is 0. The lowest BCUT2D eigenvalue weighted by molar-refractivity contribution is -0.118. The van der Waals surface area contributed by atoms with Gasteiger partial charge in [0.1, 0.15) is 0 Å². The molecule has 2 saturated carbocycles. The largest absolute Gasteiger partial charge is 0.343 e. The van der Waals surface area contributed by atoms with E-state index in [0.717, 1.165) is 17.5 Å². The molecule has 0 unspecified atom stereocenters. The van der Waals surface area contributed by atoms with Crippen molar-refractivity contribution in [1.82, 2.24) is 4.90 Å². The number of thioether (sulfide) groups is 1. The van der Waals surface area contributed by atoms with Crippen LogP contribution in [0.1, 0.15) is 46.0 Å². The molecule has 2 aliphatic carbocycles. The maximum absolute atomic E-state index is 12.2. The summed E-state index contributed by atoms with van der Waals surface area (Å²) in [7, 11) is -2.95. The van der Waals surface area contributed by atoms with Gasteiger partial charge in [-0.3, -0.25) is 4.79 Å². The van der Waals surface area contributed by atoms with Gasteiger partial charge in [-0.2, -0.15) is 4.99 Å². The molecule has 5 atom stereocenters. The van der Waals surface area contributed by atoms with E-state index in [1.807, 2.05) is 13.8 Å². The lowest BCUT2D eigenvalue weighted by Crippen LogP contribution is -2.47. The Bertz CT molecular complexity index is 673. The molecule has 2 heterocycles. The van der Waals surface area contributed by atoms with Gasteiger partial charge in [0.15, 0.2) is 15.0 Å². The lowest BCUT2D eigenvalue weighted by Gasteiger charge is -2.36. The molecule has 7 heteroatoms. The number of sulfone groups is 1. The van der Waals surface area contributed by atoms with Crippen molar-refractivity contribution >= 4 is 32.7 Å². The second-order valence-electron chi connectivity index (χ2n) is 8.34. The molecule has 2 aliphatic heterocycles. The SMILES string of the molecule is CC(C)CC(=O)N=C1S[C@@H]2CS(=O)(=O)C[C@@H]2N1[C@H]1C[C@H]2CC[C@H]1C2. The minimum atomic E-state index is -2.95. The zero-order valence-corrected chi connectivity index (χ0v) is 16.0. The fraction of sp³-hybridized carbons (Fsp3) is 0.882. The standard InChI is InChI=1S/C17H26N2O3S2/c1-10(2)5-16(20)18-17-19(13-7-11-3-4-12(13)6-11)14-8-24(21,22)9-15(14)23-17/h10-15H,3-9H2,1-2H3/t11-,12-,13-,14-,15+/m0/s1. The van der Waals surface area contributed by atoms with Crippen LogP contribution in [0.3, 0.4) is 0 Å². The molecule has 2 saturated heterocycles. The number of hydrogen-bond acceptors (Lipinski definition) is 4. The number of rotatable bonds is 3. The second kappa shape index (κ2) is 6.01. The van der Waals surface area contributed by atoms with Crippen LogP contribution in [0.15, 0.2) is 4.99 Å². The van der Waals surface area contributed by atoms with Crippen molar-refractivity contribution in [3.63, 3.8) is 0 Å². The third kappa shape index (κ3) is 3.02. The molecule has 1 amide bonds. The van der Waals surface area contributed by atoms with Crippen molar-refractivity contribution < 1.29 is 13.2 Å². The number of carbonyl (C=O) groups is 1. The molecule has 0 aromatic carbocycles. The average molecular weight is 371 g/mol. The minimum Gasteiger partial charge on any atom is -0.343 e. The number of aliphatic imine (C=N–C) groups is 1. The molecule has 4 aliphatic rings. The Morgan fingerprint density at radius 2 is 2.04 bits per heavy atom. The van der Waals surface area contributed by atoms with Gasteiger partial charge in [-0.05, 0) is 37.0 Å². The van der Waals surface area contributed by atoms with Gasteiger partial charge in [0.25, 0.3) is 0 Å². The van der Waals surface area contributed by atoms with E-state index < -0.39 is 9.84 Å². The van der Waals surface area contributed by atoms with Crippen LogP contribution >= 0.6 is 11.8 Å². The Kier molecular flexibility index (Phi) is 4.23. The Labute approximate surface area is 148 Å². The molecule has 4 rings (SSSR count). The zero-order valence-electron chi connectivity index (χ0n) is 14.3. The highest BCUT2D eigenvalue weighted by atomic mass is 32.2. The molecule has 134 valence electrons. The van der Waals surface area contributed by atoms with E-state index in [2.05, 4.69) is 9.89 Å². The lowest BCUT2D eigenvalue weighted by atomic mass is 9.93. The molecule has 0 spiro atoms.